The molecule has 0 bridgehead atoms. The highest BCUT2D eigenvalue weighted by Gasteiger charge is 2.24. The molecule has 2 N–H and O–H groups in total. The highest BCUT2D eigenvalue weighted by Crippen LogP contribution is 2.13. The second kappa shape index (κ2) is 15.3. The van der Waals surface area contributed by atoms with Gasteiger partial charge >= 0.3 is 6.16 Å². The first-order chi connectivity index (χ1) is 12.0. The zero-order chi connectivity index (χ0) is 19.1. The molecule has 25 heavy (non-hydrogen) atoms. The fraction of sp³-hybridized carbons (Fsp3) is 0.889. The lowest BCUT2D eigenvalue weighted by atomic mass is 9.97. The molecule has 0 aliphatic carbocycles. The molecule has 0 aromatic carbocycles. The van der Waals surface area contributed by atoms with Gasteiger partial charge in [0.05, 0.1) is 24.7 Å². The van der Waals surface area contributed by atoms with E-state index in [2.05, 4.69) is 12.2 Å². The van der Waals surface area contributed by atoms with Gasteiger partial charge in [-0.2, -0.15) is 11.8 Å². The fourth-order valence-electron chi connectivity index (χ4n) is 2.32. The number of hydrogen-bond donors (Lipinski definition) is 2. The molecule has 0 rings (SSSR count). The summed E-state index contributed by atoms with van der Waals surface area (Å²) in [7, 11) is 0. The fourth-order valence-corrected chi connectivity index (χ4v) is 2.84. The zero-order valence-corrected chi connectivity index (χ0v) is 16.9. The van der Waals surface area contributed by atoms with E-state index in [1.54, 1.807) is 25.6 Å². The SMILES string of the molecule is CCCCCC[C@@H](O)[C@@H](C)C(=O)N[C@@H](CCSC)COC(=O)OCC. The first kappa shape index (κ1) is 24.1. The minimum absolute atomic E-state index is 0.0739. The van der Waals surface area contributed by atoms with Crippen molar-refractivity contribution in [3.05, 3.63) is 0 Å². The molecule has 148 valence electrons. The topological polar surface area (TPSA) is 84.9 Å². The van der Waals surface area contributed by atoms with Gasteiger partial charge in [-0.05, 0) is 31.8 Å². The smallest absolute Gasteiger partial charge is 0.435 e. The summed E-state index contributed by atoms with van der Waals surface area (Å²) in [6.45, 7) is 5.90. The van der Waals surface area contributed by atoms with Crippen molar-refractivity contribution in [3.8, 4) is 0 Å². The predicted molar refractivity (Wildman–Crippen MR) is 102 cm³/mol. The van der Waals surface area contributed by atoms with Crippen LogP contribution in [0.2, 0.25) is 0 Å². The quantitative estimate of drug-likeness (QED) is 0.357. The van der Waals surface area contributed by atoms with Gasteiger partial charge in [0.1, 0.15) is 6.61 Å². The molecule has 0 aromatic heterocycles. The molecule has 0 fully saturated rings. The molecule has 0 aliphatic heterocycles. The highest BCUT2D eigenvalue weighted by molar-refractivity contribution is 7.98. The van der Waals surface area contributed by atoms with Crippen LogP contribution in [-0.2, 0) is 14.3 Å². The Bertz CT molecular complexity index is 367. The van der Waals surface area contributed by atoms with E-state index in [1.165, 1.54) is 0 Å². The third-order valence-corrected chi connectivity index (χ3v) is 4.67. The third-order valence-electron chi connectivity index (χ3n) is 4.03. The minimum atomic E-state index is -0.727. The van der Waals surface area contributed by atoms with Gasteiger partial charge in [0.25, 0.3) is 0 Å². The van der Waals surface area contributed by atoms with E-state index in [9.17, 15) is 14.7 Å². The molecule has 3 atom stereocenters. The van der Waals surface area contributed by atoms with Crippen LogP contribution in [0, 0.1) is 5.92 Å². The van der Waals surface area contributed by atoms with Gasteiger partial charge in [-0.3, -0.25) is 4.79 Å². The van der Waals surface area contributed by atoms with E-state index < -0.39 is 18.2 Å². The summed E-state index contributed by atoms with van der Waals surface area (Å²) in [5.74, 6) is 0.146. The lowest BCUT2D eigenvalue weighted by Gasteiger charge is -2.23. The number of nitrogens with one attached hydrogen (secondary N) is 1. The van der Waals surface area contributed by atoms with Crippen LogP contribution in [0.3, 0.4) is 0 Å². The molecule has 0 aliphatic rings. The van der Waals surface area contributed by atoms with Gasteiger partial charge in [0.15, 0.2) is 0 Å². The Morgan fingerprint density at radius 2 is 1.84 bits per heavy atom. The zero-order valence-electron chi connectivity index (χ0n) is 16.1. The van der Waals surface area contributed by atoms with Crippen LogP contribution in [0.5, 0.6) is 0 Å². The maximum atomic E-state index is 12.4. The third kappa shape index (κ3) is 12.1. The van der Waals surface area contributed by atoms with Crippen molar-refractivity contribution >= 4 is 23.8 Å². The maximum Gasteiger partial charge on any atom is 0.508 e. The molecule has 0 unspecified atom stereocenters. The van der Waals surface area contributed by atoms with Gasteiger partial charge < -0.3 is 19.9 Å². The van der Waals surface area contributed by atoms with Crippen LogP contribution in [0.4, 0.5) is 4.79 Å². The number of carbonyl (C=O) groups excluding carboxylic acids is 2. The van der Waals surface area contributed by atoms with E-state index in [0.717, 1.165) is 31.4 Å². The van der Waals surface area contributed by atoms with Crippen LogP contribution in [0.1, 0.15) is 59.3 Å². The van der Waals surface area contributed by atoms with Crippen molar-refractivity contribution in [2.24, 2.45) is 5.92 Å². The summed E-state index contributed by atoms with van der Waals surface area (Å²) in [6, 6.07) is -0.279. The Morgan fingerprint density at radius 1 is 1.12 bits per heavy atom. The van der Waals surface area contributed by atoms with Crippen LogP contribution in [0.15, 0.2) is 0 Å². The Morgan fingerprint density at radius 3 is 2.44 bits per heavy atom. The molecule has 0 heterocycles. The van der Waals surface area contributed by atoms with Crippen molar-refractivity contribution in [2.45, 2.75) is 71.4 Å². The van der Waals surface area contributed by atoms with Gasteiger partial charge in [-0.15, -0.1) is 0 Å². The van der Waals surface area contributed by atoms with Gasteiger partial charge in [0, 0.05) is 0 Å². The number of thioether (sulfide) groups is 1. The second-order valence-electron chi connectivity index (χ2n) is 6.19. The van der Waals surface area contributed by atoms with Crippen molar-refractivity contribution in [3.63, 3.8) is 0 Å². The summed E-state index contributed by atoms with van der Waals surface area (Å²) < 4.78 is 9.76. The number of unbranched alkanes of at least 4 members (excludes halogenated alkanes) is 3. The molecule has 0 spiro atoms. The number of carbonyl (C=O) groups is 2. The first-order valence-electron chi connectivity index (χ1n) is 9.23. The summed E-state index contributed by atoms with van der Waals surface area (Å²) in [5, 5.41) is 13.1. The predicted octanol–water partition coefficient (Wildman–Crippen LogP) is 3.36. The molecule has 0 radical (unpaired) electrons. The van der Waals surface area contributed by atoms with Crippen molar-refractivity contribution in [1.82, 2.24) is 5.32 Å². The average Bonchev–Trinajstić information content (AvgIpc) is 2.60. The Labute approximate surface area is 156 Å². The average molecular weight is 378 g/mol. The van der Waals surface area contributed by atoms with Gasteiger partial charge in [-0.25, -0.2) is 4.79 Å². The summed E-state index contributed by atoms with van der Waals surface area (Å²) >= 11 is 1.66. The molecule has 7 heteroatoms. The molecule has 1 amide bonds. The van der Waals surface area contributed by atoms with Crippen LogP contribution < -0.4 is 5.32 Å². The number of aliphatic hydroxyl groups excluding tert-OH is 1. The lowest BCUT2D eigenvalue weighted by molar-refractivity contribution is -0.129. The molecule has 0 saturated heterocycles. The van der Waals surface area contributed by atoms with E-state index in [4.69, 9.17) is 9.47 Å². The molecule has 0 saturated carbocycles. The second-order valence-corrected chi connectivity index (χ2v) is 7.17. The summed E-state index contributed by atoms with van der Waals surface area (Å²) in [5.41, 5.74) is 0. The van der Waals surface area contributed by atoms with E-state index in [1.807, 2.05) is 6.26 Å². The Kier molecular flexibility index (Phi) is 14.7. The van der Waals surface area contributed by atoms with E-state index in [-0.39, 0.29) is 25.2 Å². The summed E-state index contributed by atoms with van der Waals surface area (Å²) in [4.78, 5) is 23.7. The number of hydrogen-bond acceptors (Lipinski definition) is 6. The normalized spacial score (nSPS) is 14.4. The molecular formula is C18H35NO5S. The number of rotatable bonds is 14. The first-order valence-corrected chi connectivity index (χ1v) is 10.6. The van der Waals surface area contributed by atoms with Crippen molar-refractivity contribution < 1.29 is 24.2 Å². The standard InChI is InChI=1S/C18H35NO5S/c1-5-7-8-9-10-16(20)14(3)17(21)19-15(11-12-25-4)13-24-18(22)23-6-2/h14-16,20H,5-13H2,1-4H3,(H,19,21)/t14-,15+,16-/m1/s1. The van der Waals surface area contributed by atoms with Crippen LogP contribution in [-0.4, -0.2) is 54.5 Å². The van der Waals surface area contributed by atoms with E-state index in [0.29, 0.717) is 12.8 Å². The molecule has 6 nitrogen and oxygen atoms in total. The van der Waals surface area contributed by atoms with Gasteiger partial charge in [0.2, 0.25) is 5.91 Å². The maximum absolute atomic E-state index is 12.4. The van der Waals surface area contributed by atoms with E-state index >= 15 is 0 Å². The van der Waals surface area contributed by atoms with Crippen LogP contribution in [0.25, 0.3) is 0 Å². The Balaban J connectivity index is 4.38. The number of amides is 1. The number of aliphatic hydroxyl groups is 1. The lowest BCUT2D eigenvalue weighted by Crippen LogP contribution is -2.44. The number of ether oxygens (including phenoxy) is 2. The van der Waals surface area contributed by atoms with Crippen molar-refractivity contribution in [1.29, 1.82) is 0 Å². The minimum Gasteiger partial charge on any atom is -0.435 e. The summed E-state index contributed by atoms with van der Waals surface area (Å²) in [6.07, 6.45) is 6.21. The Hall–Kier alpha value is -0.950. The van der Waals surface area contributed by atoms with Gasteiger partial charge in [-0.1, -0.05) is 39.5 Å². The monoisotopic (exact) mass is 377 g/mol. The van der Waals surface area contributed by atoms with Crippen molar-refractivity contribution in [2.75, 3.05) is 25.2 Å². The van der Waals surface area contributed by atoms with Crippen LogP contribution >= 0.6 is 11.8 Å². The molecule has 0 aromatic rings. The largest absolute Gasteiger partial charge is 0.508 e. The highest BCUT2D eigenvalue weighted by atomic mass is 32.2. The molecular weight excluding hydrogens is 342 g/mol.